The minimum atomic E-state index is -1.03. The number of benzene rings is 1. The Morgan fingerprint density at radius 3 is 2.78 bits per heavy atom. The maximum absolute atomic E-state index is 12.7. The van der Waals surface area contributed by atoms with E-state index in [1.54, 1.807) is 13.8 Å². The van der Waals surface area contributed by atoms with Gasteiger partial charge in [-0.15, -0.1) is 0 Å². The highest BCUT2D eigenvalue weighted by Gasteiger charge is 2.45. The summed E-state index contributed by atoms with van der Waals surface area (Å²) in [6.07, 6.45) is 7.00. The van der Waals surface area contributed by atoms with Gasteiger partial charge in [0.1, 0.15) is 46.5 Å². The fourth-order valence-electron chi connectivity index (χ4n) is 4.39. The number of dihydropyridines is 1. The Labute approximate surface area is 207 Å². The molecule has 0 fully saturated rings. The first-order valence-corrected chi connectivity index (χ1v) is 11.7. The van der Waals surface area contributed by atoms with E-state index >= 15 is 0 Å². The molecule has 0 spiro atoms. The number of aliphatic hydroxyl groups excluding tert-OH is 2. The number of carbonyl (C=O) groups excluding carboxylic acids is 1. The zero-order valence-electron chi connectivity index (χ0n) is 20.1. The van der Waals surface area contributed by atoms with E-state index in [1.165, 1.54) is 12.1 Å². The molecular formula is C26H30N2O8. The Morgan fingerprint density at radius 2 is 2.14 bits per heavy atom. The number of aromatic hydroxyl groups is 1. The number of esters is 1. The van der Waals surface area contributed by atoms with Crippen molar-refractivity contribution in [1.29, 1.82) is 0 Å². The summed E-state index contributed by atoms with van der Waals surface area (Å²) in [6, 6.07) is 2.62. The number of fused-ring (bicyclic) bond motifs is 2. The summed E-state index contributed by atoms with van der Waals surface area (Å²) in [7, 11) is 0. The van der Waals surface area contributed by atoms with Crippen LogP contribution in [0.1, 0.15) is 38.0 Å². The van der Waals surface area contributed by atoms with Gasteiger partial charge in [-0.25, -0.2) is 4.79 Å². The van der Waals surface area contributed by atoms with Crippen LogP contribution in [0, 0.1) is 0 Å². The van der Waals surface area contributed by atoms with Crippen molar-refractivity contribution < 1.29 is 34.0 Å². The molecule has 2 aliphatic rings. The van der Waals surface area contributed by atoms with Gasteiger partial charge in [0.2, 0.25) is 0 Å². The summed E-state index contributed by atoms with van der Waals surface area (Å²) in [5.41, 5.74) is 5.73. The number of hydrogen-bond acceptors (Lipinski definition) is 10. The van der Waals surface area contributed by atoms with Crippen molar-refractivity contribution >= 4 is 16.9 Å². The summed E-state index contributed by atoms with van der Waals surface area (Å²) in [5.74, 6) is -0.676. The second kappa shape index (κ2) is 10.2. The highest BCUT2D eigenvalue weighted by Crippen LogP contribution is 2.44. The first-order valence-electron chi connectivity index (χ1n) is 11.7. The third-order valence-corrected chi connectivity index (χ3v) is 6.60. The third kappa shape index (κ3) is 4.88. The van der Waals surface area contributed by atoms with E-state index in [4.69, 9.17) is 19.6 Å². The molecule has 0 bridgehead atoms. The number of ether oxygens (including phenoxy) is 2. The van der Waals surface area contributed by atoms with Crippen LogP contribution in [-0.4, -0.2) is 45.8 Å². The van der Waals surface area contributed by atoms with Crippen molar-refractivity contribution in [3.63, 3.8) is 0 Å². The Bertz CT molecular complexity index is 1330. The average Bonchev–Trinajstić information content (AvgIpc) is 2.85. The highest BCUT2D eigenvalue weighted by molar-refractivity contribution is 5.89. The second-order valence-corrected chi connectivity index (χ2v) is 9.07. The predicted octanol–water partition coefficient (Wildman–Crippen LogP) is 1.64. The van der Waals surface area contributed by atoms with E-state index in [-0.39, 0.29) is 46.4 Å². The van der Waals surface area contributed by atoms with Crippen LogP contribution in [-0.2, 0) is 22.6 Å². The van der Waals surface area contributed by atoms with Crippen LogP contribution in [0.15, 0.2) is 56.9 Å². The van der Waals surface area contributed by atoms with Gasteiger partial charge in [-0.1, -0.05) is 12.2 Å². The number of nitrogens with one attached hydrogen (secondary N) is 1. The number of hydrogen-bond donors (Lipinski definition) is 5. The standard InChI is InChI=1S/C26H30N2O8/c1-3-15(12-29)25(33)35-21-9-17-19(10-20-23(24(17)32)18(31)8-16(13-30)34-20)36-26(21,2)7-6-14-4-5-22(27)28-11-14/h3-5,8,10-11,21-22,28-30,32H,6-7,9,12-13,27H2,1-2H3. The molecule has 3 heterocycles. The minimum absolute atomic E-state index is 0.0485. The second-order valence-electron chi connectivity index (χ2n) is 9.07. The lowest BCUT2D eigenvalue weighted by Gasteiger charge is -2.42. The fourth-order valence-corrected chi connectivity index (χ4v) is 4.39. The number of phenols is 1. The molecule has 0 radical (unpaired) electrons. The lowest BCUT2D eigenvalue weighted by Crippen LogP contribution is -2.51. The molecule has 0 saturated heterocycles. The smallest absolute Gasteiger partial charge is 0.336 e. The monoisotopic (exact) mass is 498 g/mol. The van der Waals surface area contributed by atoms with Crippen LogP contribution >= 0.6 is 0 Å². The van der Waals surface area contributed by atoms with Crippen LogP contribution in [0.25, 0.3) is 11.0 Å². The van der Waals surface area contributed by atoms with Crippen LogP contribution in [0.5, 0.6) is 11.5 Å². The van der Waals surface area contributed by atoms with E-state index in [2.05, 4.69) is 5.32 Å². The van der Waals surface area contributed by atoms with Gasteiger partial charge >= 0.3 is 5.97 Å². The Balaban J connectivity index is 1.73. The molecule has 1 aromatic heterocycles. The molecule has 6 N–H and O–H groups in total. The van der Waals surface area contributed by atoms with Crippen LogP contribution < -0.4 is 21.2 Å². The van der Waals surface area contributed by atoms with Crippen molar-refractivity contribution in [3.05, 3.63) is 69.3 Å². The highest BCUT2D eigenvalue weighted by atomic mass is 16.6. The van der Waals surface area contributed by atoms with E-state index < -0.39 is 36.3 Å². The summed E-state index contributed by atoms with van der Waals surface area (Å²) < 4.78 is 17.7. The lowest BCUT2D eigenvalue weighted by atomic mass is 9.83. The van der Waals surface area contributed by atoms with Gasteiger partial charge in [-0.3, -0.25) is 4.79 Å². The van der Waals surface area contributed by atoms with Crippen molar-refractivity contribution in [2.24, 2.45) is 5.73 Å². The maximum Gasteiger partial charge on any atom is 0.336 e. The molecule has 2 aliphatic heterocycles. The van der Waals surface area contributed by atoms with E-state index in [0.29, 0.717) is 18.4 Å². The van der Waals surface area contributed by atoms with Gasteiger partial charge in [0, 0.05) is 30.3 Å². The quantitative estimate of drug-likeness (QED) is 0.280. The first kappa shape index (κ1) is 25.5. The summed E-state index contributed by atoms with van der Waals surface area (Å²) >= 11 is 0. The number of carbonyl (C=O) groups is 1. The predicted molar refractivity (Wildman–Crippen MR) is 131 cm³/mol. The molecular weight excluding hydrogens is 468 g/mol. The Kier molecular flexibility index (Phi) is 7.21. The van der Waals surface area contributed by atoms with Crippen molar-refractivity contribution in [1.82, 2.24) is 5.32 Å². The number of phenolic OH excluding ortho intramolecular Hbond substituents is 1. The van der Waals surface area contributed by atoms with Crippen molar-refractivity contribution in [3.8, 4) is 11.5 Å². The molecule has 1 aromatic carbocycles. The third-order valence-electron chi connectivity index (χ3n) is 6.60. The van der Waals surface area contributed by atoms with Gasteiger partial charge in [-0.05, 0) is 38.3 Å². The number of allylic oxidation sites excluding steroid dienone is 3. The Morgan fingerprint density at radius 1 is 1.36 bits per heavy atom. The largest absolute Gasteiger partial charge is 0.507 e. The molecule has 10 nitrogen and oxygen atoms in total. The molecule has 3 unspecified atom stereocenters. The van der Waals surface area contributed by atoms with Gasteiger partial charge < -0.3 is 40.3 Å². The molecule has 36 heavy (non-hydrogen) atoms. The molecule has 0 amide bonds. The molecule has 3 atom stereocenters. The minimum Gasteiger partial charge on any atom is -0.507 e. The molecule has 0 aliphatic carbocycles. The summed E-state index contributed by atoms with van der Waals surface area (Å²) in [6.45, 7) is 2.47. The van der Waals surface area contributed by atoms with Crippen LogP contribution in [0.2, 0.25) is 0 Å². The molecule has 192 valence electrons. The van der Waals surface area contributed by atoms with Gasteiger partial charge in [0.25, 0.3) is 0 Å². The van der Waals surface area contributed by atoms with Gasteiger partial charge in [0.15, 0.2) is 5.43 Å². The van der Waals surface area contributed by atoms with E-state index in [9.17, 15) is 24.9 Å². The first-order chi connectivity index (χ1) is 17.2. The molecule has 0 saturated carbocycles. The van der Waals surface area contributed by atoms with E-state index in [0.717, 1.165) is 11.6 Å². The molecule has 2 aromatic rings. The summed E-state index contributed by atoms with van der Waals surface area (Å²) in [5, 5.41) is 32.9. The number of aliphatic hydroxyl groups is 2. The topological polar surface area (TPSA) is 164 Å². The SMILES string of the molecule is CC=C(CO)C(=O)OC1Cc2c(cc3oc(CO)cc(=O)c3c2O)OC1(C)CCC1=CNC(N)C=C1. The number of nitrogens with two attached hydrogens (primary N) is 1. The van der Waals surface area contributed by atoms with E-state index in [1.807, 2.05) is 18.4 Å². The average molecular weight is 499 g/mol. The van der Waals surface area contributed by atoms with Gasteiger partial charge in [0.05, 0.1) is 18.3 Å². The zero-order chi connectivity index (χ0) is 26.0. The van der Waals surface area contributed by atoms with Gasteiger partial charge in [-0.2, -0.15) is 0 Å². The lowest BCUT2D eigenvalue weighted by molar-refractivity contribution is -0.159. The maximum atomic E-state index is 12.7. The molecule has 10 heteroatoms. The van der Waals surface area contributed by atoms with Crippen LogP contribution in [0.3, 0.4) is 0 Å². The Hall–Kier alpha value is -3.60. The normalized spacial score (nSPS) is 23.5. The fraction of sp³-hybridized carbons (Fsp3) is 0.385. The zero-order valence-corrected chi connectivity index (χ0v) is 20.1. The van der Waals surface area contributed by atoms with Crippen LogP contribution in [0.4, 0.5) is 0 Å². The number of rotatable bonds is 7. The van der Waals surface area contributed by atoms with Crippen molar-refractivity contribution in [2.45, 2.75) is 57.6 Å². The molecule has 4 rings (SSSR count). The van der Waals surface area contributed by atoms with Crippen molar-refractivity contribution in [2.75, 3.05) is 6.61 Å². The summed E-state index contributed by atoms with van der Waals surface area (Å²) in [4.78, 5) is 25.3.